The van der Waals surface area contributed by atoms with Gasteiger partial charge in [0.1, 0.15) is 0 Å². The second kappa shape index (κ2) is 3.95. The second-order valence-corrected chi connectivity index (χ2v) is 3.03. The molecule has 0 unspecified atom stereocenters. The average molecular weight is 168 g/mol. The Morgan fingerprint density at radius 3 is 3.18 bits per heavy atom. The number of thiazole rings is 1. The first-order valence-corrected chi connectivity index (χ1v) is 4.13. The van der Waals surface area contributed by atoms with Crippen molar-refractivity contribution in [2.24, 2.45) is 5.11 Å². The molecule has 0 bridgehead atoms. The largest absolute Gasteiger partial charge is 0.247 e. The molecule has 0 aromatic carbocycles. The standard InChI is InChI=1S/C6H8N4S/c1-5-4-11-6(9-5)2-3-8-10-7/h4H,2-3H2,1H3. The lowest BCUT2D eigenvalue weighted by molar-refractivity contribution is 0.935. The number of rotatable bonds is 3. The van der Waals surface area contributed by atoms with Gasteiger partial charge in [-0.05, 0) is 12.5 Å². The third-order valence-electron chi connectivity index (χ3n) is 1.16. The summed E-state index contributed by atoms with van der Waals surface area (Å²) in [5.74, 6) is 0. The Kier molecular flexibility index (Phi) is 2.89. The third kappa shape index (κ3) is 2.57. The maximum atomic E-state index is 7.99. The van der Waals surface area contributed by atoms with Gasteiger partial charge in [-0.3, -0.25) is 0 Å². The molecule has 0 atom stereocenters. The van der Waals surface area contributed by atoms with E-state index < -0.39 is 0 Å². The van der Waals surface area contributed by atoms with Crippen LogP contribution < -0.4 is 0 Å². The predicted molar refractivity (Wildman–Crippen MR) is 44.6 cm³/mol. The summed E-state index contributed by atoms with van der Waals surface area (Å²) in [5, 5.41) is 6.45. The molecule has 1 rings (SSSR count). The first kappa shape index (κ1) is 8.04. The monoisotopic (exact) mass is 168 g/mol. The summed E-state index contributed by atoms with van der Waals surface area (Å²) in [4.78, 5) is 6.88. The van der Waals surface area contributed by atoms with Crippen LogP contribution in [0.5, 0.6) is 0 Å². The fraction of sp³-hybridized carbons (Fsp3) is 0.500. The van der Waals surface area contributed by atoms with Crippen LogP contribution in [0.3, 0.4) is 0 Å². The lowest BCUT2D eigenvalue weighted by Gasteiger charge is -1.86. The molecule has 0 saturated heterocycles. The zero-order valence-electron chi connectivity index (χ0n) is 6.19. The normalized spacial score (nSPS) is 9.18. The molecule has 0 aliphatic rings. The zero-order valence-corrected chi connectivity index (χ0v) is 7.01. The summed E-state index contributed by atoms with van der Waals surface area (Å²) in [6.45, 7) is 2.46. The van der Waals surface area contributed by atoms with E-state index in [-0.39, 0.29) is 0 Å². The molecule has 0 spiro atoms. The van der Waals surface area contributed by atoms with Gasteiger partial charge in [0.25, 0.3) is 0 Å². The highest BCUT2D eigenvalue weighted by molar-refractivity contribution is 7.09. The van der Waals surface area contributed by atoms with Crippen molar-refractivity contribution in [2.45, 2.75) is 13.3 Å². The van der Waals surface area contributed by atoms with Crippen LogP contribution in [0, 0.1) is 6.92 Å². The maximum Gasteiger partial charge on any atom is 0.0929 e. The second-order valence-electron chi connectivity index (χ2n) is 2.09. The van der Waals surface area contributed by atoms with E-state index in [1.807, 2.05) is 12.3 Å². The Balaban J connectivity index is 2.44. The van der Waals surface area contributed by atoms with E-state index in [0.717, 1.165) is 17.1 Å². The number of hydrogen-bond donors (Lipinski definition) is 0. The van der Waals surface area contributed by atoms with Crippen LogP contribution in [0.15, 0.2) is 10.5 Å². The van der Waals surface area contributed by atoms with Gasteiger partial charge in [-0.2, -0.15) is 0 Å². The summed E-state index contributed by atoms with van der Waals surface area (Å²) < 4.78 is 0. The van der Waals surface area contributed by atoms with Gasteiger partial charge in [-0.1, -0.05) is 5.11 Å². The molecule has 0 amide bonds. The molecule has 4 nitrogen and oxygen atoms in total. The third-order valence-corrected chi connectivity index (χ3v) is 2.18. The minimum Gasteiger partial charge on any atom is -0.247 e. The van der Waals surface area contributed by atoms with Crippen molar-refractivity contribution >= 4 is 11.3 Å². The van der Waals surface area contributed by atoms with Gasteiger partial charge in [0.2, 0.25) is 0 Å². The van der Waals surface area contributed by atoms with E-state index >= 15 is 0 Å². The van der Waals surface area contributed by atoms with E-state index in [1.54, 1.807) is 11.3 Å². The van der Waals surface area contributed by atoms with Crippen molar-refractivity contribution in [2.75, 3.05) is 6.54 Å². The molecule has 0 saturated carbocycles. The molecule has 1 aromatic rings. The fourth-order valence-corrected chi connectivity index (χ4v) is 1.47. The smallest absolute Gasteiger partial charge is 0.0929 e. The minimum absolute atomic E-state index is 0.503. The molecule has 11 heavy (non-hydrogen) atoms. The molecular formula is C6H8N4S. The van der Waals surface area contributed by atoms with Gasteiger partial charge in [0, 0.05) is 29.0 Å². The molecular weight excluding hydrogens is 160 g/mol. The lowest BCUT2D eigenvalue weighted by atomic mass is 10.4. The van der Waals surface area contributed by atoms with Crippen LogP contribution >= 0.6 is 11.3 Å². The van der Waals surface area contributed by atoms with E-state index in [1.165, 1.54) is 0 Å². The van der Waals surface area contributed by atoms with Crippen LogP contribution in [0.2, 0.25) is 0 Å². The minimum atomic E-state index is 0.503. The topological polar surface area (TPSA) is 61.7 Å². The maximum absolute atomic E-state index is 7.99. The quantitative estimate of drug-likeness (QED) is 0.388. The zero-order chi connectivity index (χ0) is 8.10. The summed E-state index contributed by atoms with van der Waals surface area (Å²) >= 11 is 1.61. The van der Waals surface area contributed by atoms with Crippen LogP contribution in [0.4, 0.5) is 0 Å². The predicted octanol–water partition coefficient (Wildman–Crippen LogP) is 2.30. The Bertz CT molecular complexity index is 274. The van der Waals surface area contributed by atoms with Crippen LogP contribution in [0.1, 0.15) is 10.7 Å². The van der Waals surface area contributed by atoms with Gasteiger partial charge in [0.05, 0.1) is 5.01 Å². The van der Waals surface area contributed by atoms with Crippen molar-refractivity contribution in [3.8, 4) is 0 Å². The first-order chi connectivity index (χ1) is 5.33. The van der Waals surface area contributed by atoms with Crippen molar-refractivity contribution in [1.82, 2.24) is 4.98 Å². The number of aromatic nitrogens is 1. The summed E-state index contributed by atoms with van der Waals surface area (Å²) in [6.07, 6.45) is 0.753. The first-order valence-electron chi connectivity index (χ1n) is 3.25. The van der Waals surface area contributed by atoms with Gasteiger partial charge in [-0.15, -0.1) is 11.3 Å². The van der Waals surface area contributed by atoms with Crippen molar-refractivity contribution < 1.29 is 0 Å². The van der Waals surface area contributed by atoms with E-state index in [0.29, 0.717) is 6.54 Å². The van der Waals surface area contributed by atoms with Crippen LogP contribution in [-0.4, -0.2) is 11.5 Å². The number of azide groups is 1. The molecule has 0 aliphatic carbocycles. The molecule has 0 N–H and O–H groups in total. The van der Waals surface area contributed by atoms with Crippen LogP contribution in [-0.2, 0) is 6.42 Å². The van der Waals surface area contributed by atoms with Gasteiger partial charge >= 0.3 is 0 Å². The fourth-order valence-electron chi connectivity index (χ4n) is 0.708. The Morgan fingerprint density at radius 1 is 1.82 bits per heavy atom. The van der Waals surface area contributed by atoms with Gasteiger partial charge < -0.3 is 0 Å². The summed E-state index contributed by atoms with van der Waals surface area (Å²) in [5.41, 5.74) is 9.02. The van der Waals surface area contributed by atoms with E-state index in [9.17, 15) is 0 Å². The number of hydrogen-bond acceptors (Lipinski definition) is 3. The molecule has 0 radical (unpaired) electrons. The number of nitrogens with zero attached hydrogens (tertiary/aromatic N) is 4. The molecule has 1 aromatic heterocycles. The van der Waals surface area contributed by atoms with Crippen molar-refractivity contribution in [3.05, 3.63) is 26.5 Å². The molecule has 58 valence electrons. The Morgan fingerprint density at radius 2 is 2.64 bits per heavy atom. The summed E-state index contributed by atoms with van der Waals surface area (Å²) in [6, 6.07) is 0. The van der Waals surface area contributed by atoms with Crippen molar-refractivity contribution in [1.29, 1.82) is 0 Å². The molecule has 0 aliphatic heterocycles. The van der Waals surface area contributed by atoms with Crippen molar-refractivity contribution in [3.63, 3.8) is 0 Å². The number of aryl methyl sites for hydroxylation is 1. The highest BCUT2D eigenvalue weighted by Crippen LogP contribution is 2.08. The highest BCUT2D eigenvalue weighted by atomic mass is 32.1. The van der Waals surface area contributed by atoms with E-state index in [4.69, 9.17) is 5.53 Å². The molecule has 1 heterocycles. The highest BCUT2D eigenvalue weighted by Gasteiger charge is 1.95. The van der Waals surface area contributed by atoms with E-state index in [2.05, 4.69) is 15.0 Å². The lowest BCUT2D eigenvalue weighted by Crippen LogP contribution is -1.86. The molecule has 0 fully saturated rings. The Labute approximate surface area is 68.5 Å². The van der Waals surface area contributed by atoms with Crippen LogP contribution in [0.25, 0.3) is 10.4 Å². The Hall–Kier alpha value is -1.06. The van der Waals surface area contributed by atoms with Gasteiger partial charge in [0.15, 0.2) is 0 Å². The average Bonchev–Trinajstić information content (AvgIpc) is 2.37. The SMILES string of the molecule is Cc1csc(CCN=[N+]=[N-])n1. The van der Waals surface area contributed by atoms with Gasteiger partial charge in [-0.25, -0.2) is 4.98 Å². The summed E-state index contributed by atoms with van der Waals surface area (Å²) in [7, 11) is 0. The molecule has 5 heteroatoms.